The lowest BCUT2D eigenvalue weighted by Crippen LogP contribution is -2.34. The topological polar surface area (TPSA) is 30.5 Å². The molecule has 1 heterocycles. The Morgan fingerprint density at radius 3 is 2.72 bits per heavy atom. The monoisotopic (exact) mass is 267 g/mol. The van der Waals surface area contributed by atoms with Crippen LogP contribution in [0, 0.1) is 0 Å². The molecule has 1 unspecified atom stereocenters. The number of thioether (sulfide) groups is 1. The fraction of sp³-hybridized carbons (Fsp3) is 0.571. The first-order valence-corrected chi connectivity index (χ1v) is 7.52. The van der Waals surface area contributed by atoms with Gasteiger partial charge < -0.3 is 14.8 Å². The highest BCUT2D eigenvalue weighted by molar-refractivity contribution is 7.99. The fourth-order valence-electron chi connectivity index (χ4n) is 2.11. The van der Waals surface area contributed by atoms with Crippen LogP contribution in [0.15, 0.2) is 29.2 Å². The Morgan fingerprint density at radius 2 is 2.00 bits per heavy atom. The van der Waals surface area contributed by atoms with E-state index in [-0.39, 0.29) is 6.29 Å². The smallest absolute Gasteiger partial charge is 0.169 e. The molecule has 4 heteroatoms. The lowest BCUT2D eigenvalue weighted by molar-refractivity contribution is -0.133. The molecule has 0 saturated heterocycles. The van der Waals surface area contributed by atoms with E-state index in [2.05, 4.69) is 29.6 Å². The Hall–Kier alpha value is -0.550. The molecule has 1 aliphatic heterocycles. The van der Waals surface area contributed by atoms with Gasteiger partial charge in [-0.05, 0) is 25.5 Å². The molecule has 0 fully saturated rings. The van der Waals surface area contributed by atoms with E-state index in [1.807, 2.05) is 25.6 Å². The second kappa shape index (κ2) is 7.14. The van der Waals surface area contributed by atoms with Crippen LogP contribution in [0.25, 0.3) is 0 Å². The van der Waals surface area contributed by atoms with Crippen molar-refractivity contribution < 1.29 is 9.47 Å². The molecule has 1 aromatic carbocycles. The van der Waals surface area contributed by atoms with Crippen LogP contribution in [0.2, 0.25) is 0 Å². The van der Waals surface area contributed by atoms with E-state index in [1.54, 1.807) is 0 Å². The first-order valence-electron chi connectivity index (χ1n) is 6.53. The summed E-state index contributed by atoms with van der Waals surface area (Å²) in [5.41, 5.74) is 1.40. The van der Waals surface area contributed by atoms with Gasteiger partial charge in [-0.2, -0.15) is 0 Å². The summed E-state index contributed by atoms with van der Waals surface area (Å²) in [5.74, 6) is 1.09. The van der Waals surface area contributed by atoms with Gasteiger partial charge in [0.1, 0.15) is 0 Å². The lowest BCUT2D eigenvalue weighted by atomic mass is 10.1. The number of nitrogens with one attached hydrogen (secondary N) is 1. The summed E-state index contributed by atoms with van der Waals surface area (Å²) >= 11 is 1.91. The van der Waals surface area contributed by atoms with Gasteiger partial charge in [0.15, 0.2) is 6.29 Å². The molecule has 2 rings (SSSR count). The lowest BCUT2D eigenvalue weighted by Gasteiger charge is -2.20. The molecule has 0 amide bonds. The van der Waals surface area contributed by atoms with E-state index in [9.17, 15) is 0 Å². The molecule has 1 aliphatic rings. The standard InChI is InChI=1S/C14H21NO2S/c1-3-16-14(17-4-2)9-15-12-10-18-13-8-6-5-7-11(12)13/h5-8,12,14-15H,3-4,9-10H2,1-2H3. The van der Waals surface area contributed by atoms with Crippen LogP contribution in [0.3, 0.4) is 0 Å². The van der Waals surface area contributed by atoms with Crippen molar-refractivity contribution in [1.82, 2.24) is 5.32 Å². The second-order valence-electron chi connectivity index (χ2n) is 4.15. The van der Waals surface area contributed by atoms with E-state index >= 15 is 0 Å². The first kappa shape index (κ1) is 13.9. The predicted octanol–water partition coefficient (Wildman–Crippen LogP) is 2.82. The normalized spacial score (nSPS) is 18.3. The molecule has 0 spiro atoms. The molecule has 0 aliphatic carbocycles. The minimum Gasteiger partial charge on any atom is -0.352 e. The summed E-state index contributed by atoms with van der Waals surface area (Å²) in [6, 6.07) is 8.99. The summed E-state index contributed by atoms with van der Waals surface area (Å²) in [5, 5.41) is 3.54. The Kier molecular flexibility index (Phi) is 5.50. The highest BCUT2D eigenvalue weighted by Gasteiger charge is 2.23. The summed E-state index contributed by atoms with van der Waals surface area (Å²) in [7, 11) is 0. The Labute approximate surface area is 113 Å². The van der Waals surface area contributed by atoms with Crippen LogP contribution < -0.4 is 5.32 Å². The van der Waals surface area contributed by atoms with E-state index < -0.39 is 0 Å². The van der Waals surface area contributed by atoms with Crippen molar-refractivity contribution >= 4 is 11.8 Å². The average molecular weight is 267 g/mol. The molecule has 100 valence electrons. The predicted molar refractivity (Wildman–Crippen MR) is 74.9 cm³/mol. The van der Waals surface area contributed by atoms with Gasteiger partial charge >= 0.3 is 0 Å². The molecular formula is C14H21NO2S. The van der Waals surface area contributed by atoms with Crippen molar-refractivity contribution in [1.29, 1.82) is 0 Å². The summed E-state index contributed by atoms with van der Waals surface area (Å²) in [4.78, 5) is 1.39. The maximum atomic E-state index is 5.54. The number of hydrogen-bond acceptors (Lipinski definition) is 4. The van der Waals surface area contributed by atoms with Gasteiger partial charge in [-0.3, -0.25) is 0 Å². The van der Waals surface area contributed by atoms with Gasteiger partial charge in [-0.15, -0.1) is 11.8 Å². The third-order valence-corrected chi connectivity index (χ3v) is 4.12. The minimum atomic E-state index is -0.141. The van der Waals surface area contributed by atoms with Gasteiger partial charge in [0.25, 0.3) is 0 Å². The second-order valence-corrected chi connectivity index (χ2v) is 5.21. The summed E-state index contributed by atoms with van der Waals surface area (Å²) in [6.07, 6.45) is -0.141. The third-order valence-electron chi connectivity index (χ3n) is 2.94. The molecule has 0 saturated carbocycles. The molecule has 3 nitrogen and oxygen atoms in total. The molecule has 0 bridgehead atoms. The number of fused-ring (bicyclic) bond motifs is 1. The van der Waals surface area contributed by atoms with Gasteiger partial charge in [-0.25, -0.2) is 0 Å². The maximum Gasteiger partial charge on any atom is 0.169 e. The van der Waals surface area contributed by atoms with Crippen LogP contribution in [0.4, 0.5) is 0 Å². The van der Waals surface area contributed by atoms with Crippen molar-refractivity contribution in [3.63, 3.8) is 0 Å². The molecule has 1 N–H and O–H groups in total. The largest absolute Gasteiger partial charge is 0.352 e. The van der Waals surface area contributed by atoms with Crippen LogP contribution in [-0.4, -0.2) is 31.8 Å². The molecule has 1 aromatic rings. The van der Waals surface area contributed by atoms with Crippen LogP contribution in [0.5, 0.6) is 0 Å². The molecule has 18 heavy (non-hydrogen) atoms. The Balaban J connectivity index is 1.87. The van der Waals surface area contributed by atoms with Crippen molar-refractivity contribution in [2.24, 2.45) is 0 Å². The fourth-order valence-corrected chi connectivity index (χ4v) is 3.30. The SMILES string of the molecule is CCOC(CNC1CSc2ccccc21)OCC. The molecule has 0 radical (unpaired) electrons. The zero-order valence-electron chi connectivity index (χ0n) is 11.0. The summed E-state index contributed by atoms with van der Waals surface area (Å²) in [6.45, 7) is 6.09. The van der Waals surface area contributed by atoms with Gasteiger partial charge in [0.05, 0.1) is 0 Å². The van der Waals surface area contributed by atoms with Crippen LogP contribution >= 0.6 is 11.8 Å². The Bertz CT molecular complexity index is 367. The van der Waals surface area contributed by atoms with Crippen molar-refractivity contribution in [2.45, 2.75) is 31.1 Å². The minimum absolute atomic E-state index is 0.141. The zero-order valence-corrected chi connectivity index (χ0v) is 11.8. The zero-order chi connectivity index (χ0) is 12.8. The number of ether oxygens (including phenoxy) is 2. The highest BCUT2D eigenvalue weighted by atomic mass is 32.2. The number of hydrogen-bond donors (Lipinski definition) is 1. The van der Waals surface area contributed by atoms with E-state index in [0.717, 1.165) is 12.3 Å². The van der Waals surface area contributed by atoms with Crippen LogP contribution in [0.1, 0.15) is 25.5 Å². The first-order chi connectivity index (χ1) is 8.85. The van der Waals surface area contributed by atoms with Crippen molar-refractivity contribution in [3.05, 3.63) is 29.8 Å². The quantitative estimate of drug-likeness (QED) is 0.770. The number of rotatable bonds is 7. The van der Waals surface area contributed by atoms with Crippen molar-refractivity contribution in [3.8, 4) is 0 Å². The highest BCUT2D eigenvalue weighted by Crippen LogP contribution is 2.37. The van der Waals surface area contributed by atoms with Crippen molar-refractivity contribution in [2.75, 3.05) is 25.5 Å². The average Bonchev–Trinajstić information content (AvgIpc) is 2.80. The molecular weight excluding hydrogens is 246 g/mol. The van der Waals surface area contributed by atoms with Gasteiger partial charge in [0, 0.05) is 36.4 Å². The summed E-state index contributed by atoms with van der Waals surface area (Å²) < 4.78 is 11.1. The van der Waals surface area contributed by atoms with Gasteiger partial charge in [0.2, 0.25) is 0 Å². The molecule has 1 atom stereocenters. The maximum absolute atomic E-state index is 5.54. The van der Waals surface area contributed by atoms with Gasteiger partial charge in [-0.1, -0.05) is 18.2 Å². The van der Waals surface area contributed by atoms with Crippen LogP contribution in [-0.2, 0) is 9.47 Å². The number of benzene rings is 1. The Morgan fingerprint density at radius 1 is 1.28 bits per heavy atom. The molecule has 0 aromatic heterocycles. The van der Waals surface area contributed by atoms with E-state index in [4.69, 9.17) is 9.47 Å². The third kappa shape index (κ3) is 3.48. The van der Waals surface area contributed by atoms with E-state index in [0.29, 0.717) is 19.3 Å². The van der Waals surface area contributed by atoms with E-state index in [1.165, 1.54) is 10.5 Å².